The van der Waals surface area contributed by atoms with E-state index in [9.17, 15) is 9.59 Å². The Morgan fingerprint density at radius 2 is 1.52 bits per heavy atom. The normalized spacial score (nSPS) is 12.1. The third-order valence-electron chi connectivity index (χ3n) is 2.40. The van der Waals surface area contributed by atoms with Gasteiger partial charge in [0, 0.05) is 6.08 Å². The van der Waals surface area contributed by atoms with E-state index in [1.54, 1.807) is 65.8 Å². The van der Waals surface area contributed by atoms with Crippen molar-refractivity contribution < 1.29 is 19.1 Å². The number of carbonyl (C=O) groups is 2. The molecular weight excluding hydrogens is 294 g/mol. The van der Waals surface area contributed by atoms with Crippen molar-refractivity contribution in [3.63, 3.8) is 0 Å². The Morgan fingerprint density at radius 1 is 0.957 bits per heavy atom. The number of nitrogens with one attached hydrogen (secondary N) is 1. The van der Waals surface area contributed by atoms with Crippen LogP contribution in [0.1, 0.15) is 47.1 Å². The maximum Gasteiger partial charge on any atom is 0.412 e. The van der Waals surface area contributed by atoms with Crippen LogP contribution in [0.5, 0.6) is 0 Å². The number of esters is 1. The van der Waals surface area contributed by atoms with Gasteiger partial charge in [0.25, 0.3) is 0 Å². The fraction of sp³-hybridized carbons (Fsp3) is 0.444. The molecule has 23 heavy (non-hydrogen) atoms. The molecule has 0 unspecified atom stereocenters. The Bertz CT molecular complexity index is 592. The molecular formula is C18H25NO4. The molecule has 0 fully saturated rings. The molecule has 0 heterocycles. The van der Waals surface area contributed by atoms with Crippen LogP contribution in [0.15, 0.2) is 30.3 Å². The molecule has 5 nitrogen and oxygen atoms in total. The number of rotatable bonds is 3. The molecule has 0 spiro atoms. The van der Waals surface area contributed by atoms with Crippen molar-refractivity contribution in [1.29, 1.82) is 0 Å². The first-order chi connectivity index (χ1) is 10.5. The number of anilines is 1. The second-order valence-electron chi connectivity index (χ2n) is 7.08. The number of hydrogen-bond acceptors (Lipinski definition) is 4. The molecule has 1 N–H and O–H groups in total. The highest BCUT2D eigenvalue weighted by Gasteiger charge is 2.17. The Balaban J connectivity index is 2.82. The summed E-state index contributed by atoms with van der Waals surface area (Å²) in [6.07, 6.45) is 2.39. The van der Waals surface area contributed by atoms with Crippen molar-refractivity contribution >= 4 is 23.8 Å². The Kier molecular flexibility index (Phi) is 5.96. The maximum atomic E-state index is 11.9. The molecule has 0 saturated heterocycles. The predicted molar refractivity (Wildman–Crippen MR) is 91.2 cm³/mol. The van der Waals surface area contributed by atoms with Crippen molar-refractivity contribution in [2.45, 2.75) is 52.7 Å². The van der Waals surface area contributed by atoms with E-state index in [0.29, 0.717) is 11.3 Å². The molecule has 0 saturated carbocycles. The van der Waals surface area contributed by atoms with Crippen LogP contribution in [-0.4, -0.2) is 23.3 Å². The van der Waals surface area contributed by atoms with Crippen molar-refractivity contribution in [1.82, 2.24) is 0 Å². The number of benzene rings is 1. The van der Waals surface area contributed by atoms with Crippen LogP contribution >= 0.6 is 0 Å². The number of para-hydroxylation sites is 1. The SMILES string of the molecule is CC(C)(C)OC(=O)/C=C/c1ccccc1NC(=O)OC(C)(C)C. The van der Waals surface area contributed by atoms with E-state index in [4.69, 9.17) is 9.47 Å². The zero-order valence-corrected chi connectivity index (χ0v) is 14.6. The predicted octanol–water partition coefficient (Wildman–Crippen LogP) is 4.39. The summed E-state index contributed by atoms with van der Waals surface area (Å²) >= 11 is 0. The average Bonchev–Trinajstić information content (AvgIpc) is 2.33. The molecule has 0 aliphatic heterocycles. The number of ether oxygens (including phenoxy) is 2. The van der Waals surface area contributed by atoms with E-state index in [2.05, 4.69) is 5.32 Å². The minimum Gasteiger partial charge on any atom is -0.457 e. The van der Waals surface area contributed by atoms with Crippen LogP contribution in [0.2, 0.25) is 0 Å². The van der Waals surface area contributed by atoms with E-state index in [1.807, 2.05) is 6.07 Å². The Labute approximate surface area is 137 Å². The molecule has 0 aliphatic rings. The van der Waals surface area contributed by atoms with Gasteiger partial charge in [0.2, 0.25) is 0 Å². The molecule has 1 aromatic carbocycles. The highest BCUT2D eigenvalue weighted by atomic mass is 16.6. The quantitative estimate of drug-likeness (QED) is 0.663. The Hall–Kier alpha value is -2.30. The van der Waals surface area contributed by atoms with Crippen LogP contribution in [0.4, 0.5) is 10.5 Å². The van der Waals surface area contributed by atoms with Gasteiger partial charge < -0.3 is 9.47 Å². The van der Waals surface area contributed by atoms with Gasteiger partial charge in [-0.25, -0.2) is 9.59 Å². The van der Waals surface area contributed by atoms with Gasteiger partial charge in [-0.15, -0.1) is 0 Å². The monoisotopic (exact) mass is 319 g/mol. The fourth-order valence-corrected chi connectivity index (χ4v) is 1.66. The summed E-state index contributed by atoms with van der Waals surface area (Å²) in [6, 6.07) is 7.12. The largest absolute Gasteiger partial charge is 0.457 e. The van der Waals surface area contributed by atoms with Gasteiger partial charge in [-0.1, -0.05) is 18.2 Å². The van der Waals surface area contributed by atoms with Gasteiger partial charge in [-0.2, -0.15) is 0 Å². The second kappa shape index (κ2) is 7.31. The standard InChI is InChI=1S/C18H25NO4/c1-17(2,3)22-15(20)12-11-13-9-7-8-10-14(13)19-16(21)23-18(4,5)6/h7-12H,1-6H3,(H,19,21)/b12-11+. The zero-order chi connectivity index (χ0) is 17.7. The summed E-state index contributed by atoms with van der Waals surface area (Å²) in [4.78, 5) is 23.6. The van der Waals surface area contributed by atoms with Gasteiger partial charge in [0.05, 0.1) is 5.69 Å². The fourth-order valence-electron chi connectivity index (χ4n) is 1.66. The lowest BCUT2D eigenvalue weighted by atomic mass is 10.1. The topological polar surface area (TPSA) is 64.6 Å². The minimum absolute atomic E-state index is 0.440. The van der Waals surface area contributed by atoms with Gasteiger partial charge in [0.15, 0.2) is 0 Å². The number of carbonyl (C=O) groups excluding carboxylic acids is 2. The summed E-state index contributed by atoms with van der Waals surface area (Å²) in [5.74, 6) is -0.440. The van der Waals surface area contributed by atoms with Crippen LogP contribution in [0, 0.1) is 0 Å². The van der Waals surface area contributed by atoms with E-state index < -0.39 is 23.3 Å². The lowest BCUT2D eigenvalue weighted by Gasteiger charge is -2.20. The summed E-state index contributed by atoms with van der Waals surface area (Å²) in [6.45, 7) is 10.8. The first kappa shape index (κ1) is 18.7. The summed E-state index contributed by atoms with van der Waals surface area (Å²) < 4.78 is 10.4. The molecule has 5 heteroatoms. The molecule has 1 rings (SSSR count). The second-order valence-corrected chi connectivity index (χ2v) is 7.08. The Morgan fingerprint density at radius 3 is 2.09 bits per heavy atom. The smallest absolute Gasteiger partial charge is 0.412 e. The molecule has 0 bridgehead atoms. The van der Waals surface area contributed by atoms with Crippen LogP contribution in [0.25, 0.3) is 6.08 Å². The van der Waals surface area contributed by atoms with E-state index in [1.165, 1.54) is 6.08 Å². The van der Waals surface area contributed by atoms with Crippen LogP contribution in [0.3, 0.4) is 0 Å². The highest BCUT2D eigenvalue weighted by Crippen LogP contribution is 2.18. The summed E-state index contributed by atoms with van der Waals surface area (Å²) in [5.41, 5.74) is 0.118. The molecule has 1 aromatic rings. The molecule has 126 valence electrons. The van der Waals surface area contributed by atoms with Crippen LogP contribution < -0.4 is 5.32 Å². The summed E-state index contributed by atoms with van der Waals surface area (Å²) in [5, 5.41) is 2.67. The number of hydrogen-bond donors (Lipinski definition) is 1. The zero-order valence-electron chi connectivity index (χ0n) is 14.6. The van der Waals surface area contributed by atoms with Gasteiger partial charge in [0.1, 0.15) is 11.2 Å². The third-order valence-corrected chi connectivity index (χ3v) is 2.40. The van der Waals surface area contributed by atoms with Crippen molar-refractivity contribution in [3.8, 4) is 0 Å². The minimum atomic E-state index is -0.578. The summed E-state index contributed by atoms with van der Waals surface area (Å²) in [7, 11) is 0. The third kappa shape index (κ3) is 8.04. The first-order valence-electron chi connectivity index (χ1n) is 7.46. The van der Waals surface area contributed by atoms with Crippen molar-refractivity contribution in [2.75, 3.05) is 5.32 Å². The highest BCUT2D eigenvalue weighted by molar-refractivity contribution is 5.92. The van der Waals surface area contributed by atoms with Gasteiger partial charge >= 0.3 is 12.1 Å². The van der Waals surface area contributed by atoms with E-state index in [0.717, 1.165) is 0 Å². The van der Waals surface area contributed by atoms with Crippen molar-refractivity contribution in [2.24, 2.45) is 0 Å². The molecule has 0 radical (unpaired) electrons. The molecule has 0 atom stereocenters. The lowest BCUT2D eigenvalue weighted by Crippen LogP contribution is -2.27. The molecule has 0 aromatic heterocycles. The maximum absolute atomic E-state index is 11.9. The molecule has 1 amide bonds. The first-order valence-corrected chi connectivity index (χ1v) is 7.46. The van der Waals surface area contributed by atoms with Crippen molar-refractivity contribution in [3.05, 3.63) is 35.9 Å². The van der Waals surface area contributed by atoms with Gasteiger partial charge in [-0.3, -0.25) is 5.32 Å². The van der Waals surface area contributed by atoms with Crippen LogP contribution in [-0.2, 0) is 14.3 Å². The number of amides is 1. The van der Waals surface area contributed by atoms with E-state index in [-0.39, 0.29) is 0 Å². The lowest BCUT2D eigenvalue weighted by molar-refractivity contribution is -0.148. The van der Waals surface area contributed by atoms with E-state index >= 15 is 0 Å². The molecule has 0 aliphatic carbocycles. The average molecular weight is 319 g/mol. The van der Waals surface area contributed by atoms with Gasteiger partial charge in [-0.05, 0) is 59.2 Å².